The average molecular weight is 132 g/mol. The molecule has 1 aliphatic carbocycles. The molecule has 0 aromatic carbocycles. The van der Waals surface area contributed by atoms with Crippen molar-refractivity contribution >= 4 is 23.1 Å². The first-order valence-electron chi connectivity index (χ1n) is 3.16. The lowest BCUT2D eigenvalue weighted by molar-refractivity contribution is 0.682. The standard InChI is InChI=1S/C8H12.Mg/c1-7-5-3-4-6-8(7)2;/h1-6H2;. The van der Waals surface area contributed by atoms with E-state index < -0.39 is 0 Å². The molecule has 0 saturated heterocycles. The molecular formula is C8H12Mg. The van der Waals surface area contributed by atoms with Crippen molar-refractivity contribution < 1.29 is 0 Å². The van der Waals surface area contributed by atoms with Crippen LogP contribution in [0.25, 0.3) is 0 Å². The Bertz CT molecular complexity index is 109. The Kier molecular flexibility index (Phi) is 4.24. The van der Waals surface area contributed by atoms with E-state index in [4.69, 9.17) is 0 Å². The zero-order chi connectivity index (χ0) is 5.98. The minimum atomic E-state index is 0. The van der Waals surface area contributed by atoms with Gasteiger partial charge in [-0.15, -0.1) is 0 Å². The fourth-order valence-electron chi connectivity index (χ4n) is 1.03. The molecule has 0 aliphatic heterocycles. The zero-order valence-corrected chi connectivity index (χ0v) is 7.36. The lowest BCUT2D eigenvalue weighted by Crippen LogP contribution is -1.94. The number of rotatable bonds is 0. The lowest BCUT2D eigenvalue weighted by Gasteiger charge is -2.14. The van der Waals surface area contributed by atoms with Gasteiger partial charge in [-0.2, -0.15) is 0 Å². The van der Waals surface area contributed by atoms with Gasteiger partial charge in [0, 0.05) is 23.1 Å². The van der Waals surface area contributed by atoms with Crippen molar-refractivity contribution in [3.8, 4) is 0 Å². The summed E-state index contributed by atoms with van der Waals surface area (Å²) in [5, 5.41) is 0. The van der Waals surface area contributed by atoms with Gasteiger partial charge in [-0.1, -0.05) is 24.3 Å². The van der Waals surface area contributed by atoms with Crippen molar-refractivity contribution in [2.24, 2.45) is 0 Å². The maximum absolute atomic E-state index is 3.90. The van der Waals surface area contributed by atoms with Crippen molar-refractivity contribution in [1.82, 2.24) is 0 Å². The largest absolute Gasteiger partial charge is 0.0956 e. The smallest absolute Gasteiger partial charge is 0 e. The van der Waals surface area contributed by atoms with Crippen molar-refractivity contribution in [2.75, 3.05) is 0 Å². The van der Waals surface area contributed by atoms with Crippen molar-refractivity contribution in [2.45, 2.75) is 25.7 Å². The minimum absolute atomic E-state index is 0. The van der Waals surface area contributed by atoms with Gasteiger partial charge in [0.2, 0.25) is 0 Å². The molecule has 1 fully saturated rings. The van der Waals surface area contributed by atoms with E-state index in [0.717, 1.165) is 0 Å². The van der Waals surface area contributed by atoms with Crippen LogP contribution in [0.3, 0.4) is 0 Å². The van der Waals surface area contributed by atoms with E-state index in [-0.39, 0.29) is 23.1 Å². The van der Waals surface area contributed by atoms with Crippen molar-refractivity contribution in [1.29, 1.82) is 0 Å². The summed E-state index contributed by atoms with van der Waals surface area (Å²) in [6.07, 6.45) is 4.99. The molecule has 0 amide bonds. The highest BCUT2D eigenvalue weighted by Gasteiger charge is 2.05. The first kappa shape index (κ1) is 9.25. The maximum atomic E-state index is 3.90. The van der Waals surface area contributed by atoms with Gasteiger partial charge in [0.25, 0.3) is 0 Å². The average Bonchev–Trinajstić information content (AvgIpc) is 1.77. The molecule has 0 aromatic heterocycles. The molecule has 0 bridgehead atoms. The van der Waals surface area contributed by atoms with Crippen molar-refractivity contribution in [3.05, 3.63) is 24.3 Å². The van der Waals surface area contributed by atoms with E-state index in [1.54, 1.807) is 0 Å². The molecule has 1 aliphatic rings. The molecule has 0 unspecified atom stereocenters. The molecule has 9 heavy (non-hydrogen) atoms. The quantitative estimate of drug-likeness (QED) is 0.444. The summed E-state index contributed by atoms with van der Waals surface area (Å²) in [6.45, 7) is 7.79. The van der Waals surface area contributed by atoms with Crippen LogP contribution in [0.1, 0.15) is 25.7 Å². The highest BCUT2D eigenvalue weighted by molar-refractivity contribution is 5.75. The van der Waals surface area contributed by atoms with Crippen LogP contribution in [0, 0.1) is 0 Å². The summed E-state index contributed by atoms with van der Waals surface area (Å²) in [5.74, 6) is 0. The second-order valence-electron chi connectivity index (χ2n) is 2.41. The van der Waals surface area contributed by atoms with Gasteiger partial charge in [0.15, 0.2) is 0 Å². The topological polar surface area (TPSA) is 0 Å². The van der Waals surface area contributed by atoms with Crippen molar-refractivity contribution in [3.63, 3.8) is 0 Å². The molecule has 0 atom stereocenters. The Hall–Kier alpha value is 0.246. The SMILES string of the molecule is C=C1CCCCC1=C.[Mg]. The van der Waals surface area contributed by atoms with Gasteiger partial charge in [0.1, 0.15) is 0 Å². The fraction of sp³-hybridized carbons (Fsp3) is 0.500. The summed E-state index contributed by atoms with van der Waals surface area (Å²) in [4.78, 5) is 0. The monoisotopic (exact) mass is 132 g/mol. The highest BCUT2D eigenvalue weighted by Crippen LogP contribution is 2.24. The van der Waals surface area contributed by atoms with Crippen LogP contribution < -0.4 is 0 Å². The van der Waals surface area contributed by atoms with E-state index >= 15 is 0 Å². The Morgan fingerprint density at radius 1 is 0.889 bits per heavy atom. The Morgan fingerprint density at radius 2 is 1.22 bits per heavy atom. The molecule has 2 radical (unpaired) electrons. The molecule has 0 aromatic rings. The lowest BCUT2D eigenvalue weighted by atomic mass is 9.92. The van der Waals surface area contributed by atoms with Gasteiger partial charge in [0.05, 0.1) is 0 Å². The van der Waals surface area contributed by atoms with E-state index in [2.05, 4.69) is 13.2 Å². The summed E-state index contributed by atoms with van der Waals surface area (Å²) in [6, 6.07) is 0. The van der Waals surface area contributed by atoms with Crippen LogP contribution in [0.5, 0.6) is 0 Å². The van der Waals surface area contributed by atoms with Gasteiger partial charge in [-0.05, 0) is 25.7 Å². The summed E-state index contributed by atoms with van der Waals surface area (Å²) in [7, 11) is 0. The van der Waals surface area contributed by atoms with Gasteiger partial charge >= 0.3 is 0 Å². The molecule has 1 heteroatoms. The molecule has 0 nitrogen and oxygen atoms in total. The van der Waals surface area contributed by atoms with E-state index in [9.17, 15) is 0 Å². The Balaban J connectivity index is 0.000000640. The van der Waals surface area contributed by atoms with Gasteiger partial charge < -0.3 is 0 Å². The summed E-state index contributed by atoms with van der Waals surface area (Å²) >= 11 is 0. The predicted molar refractivity (Wildman–Crippen MR) is 42.5 cm³/mol. The first-order chi connectivity index (χ1) is 3.80. The summed E-state index contributed by atoms with van der Waals surface area (Å²) in [5.41, 5.74) is 2.55. The molecule has 0 N–H and O–H groups in total. The van der Waals surface area contributed by atoms with E-state index in [1.165, 1.54) is 36.8 Å². The Labute approximate surface area is 73.2 Å². The molecule has 1 saturated carbocycles. The normalized spacial score (nSPS) is 19.1. The molecule has 0 heterocycles. The number of hydrogen-bond acceptors (Lipinski definition) is 0. The number of allylic oxidation sites excluding steroid dienone is 2. The third-order valence-corrected chi connectivity index (χ3v) is 1.71. The van der Waals surface area contributed by atoms with Gasteiger partial charge in [-0.3, -0.25) is 0 Å². The molecule has 46 valence electrons. The van der Waals surface area contributed by atoms with Crippen LogP contribution in [-0.4, -0.2) is 23.1 Å². The van der Waals surface area contributed by atoms with Crippen LogP contribution >= 0.6 is 0 Å². The minimum Gasteiger partial charge on any atom is -0.0956 e. The Morgan fingerprint density at radius 3 is 1.44 bits per heavy atom. The molecule has 1 rings (SSSR count). The second-order valence-corrected chi connectivity index (χ2v) is 2.41. The second kappa shape index (κ2) is 4.12. The predicted octanol–water partition coefficient (Wildman–Crippen LogP) is 2.29. The fourth-order valence-corrected chi connectivity index (χ4v) is 1.03. The van der Waals surface area contributed by atoms with Crippen LogP contribution in [0.2, 0.25) is 0 Å². The van der Waals surface area contributed by atoms with Crippen LogP contribution in [0.4, 0.5) is 0 Å². The molecule has 0 spiro atoms. The van der Waals surface area contributed by atoms with E-state index in [1.807, 2.05) is 0 Å². The third kappa shape index (κ3) is 2.54. The zero-order valence-electron chi connectivity index (χ0n) is 5.95. The van der Waals surface area contributed by atoms with Gasteiger partial charge in [-0.25, -0.2) is 0 Å². The highest BCUT2D eigenvalue weighted by atomic mass is 24.3. The van der Waals surface area contributed by atoms with Crippen LogP contribution in [-0.2, 0) is 0 Å². The third-order valence-electron chi connectivity index (χ3n) is 1.71. The van der Waals surface area contributed by atoms with E-state index in [0.29, 0.717) is 0 Å². The van der Waals surface area contributed by atoms with Crippen LogP contribution in [0.15, 0.2) is 24.3 Å². The molecular weight excluding hydrogens is 120 g/mol. The summed E-state index contributed by atoms with van der Waals surface area (Å²) < 4.78 is 0. The maximum Gasteiger partial charge on any atom is 0 e. The first-order valence-corrected chi connectivity index (χ1v) is 3.16. The number of hydrogen-bond donors (Lipinski definition) is 0.